The molecule has 3 aromatic rings. The Morgan fingerprint density at radius 2 is 1.83 bits per heavy atom. The van der Waals surface area contributed by atoms with E-state index in [4.69, 9.17) is 0 Å². The fraction of sp³-hybridized carbons (Fsp3) is 0.263. The number of para-hydroxylation sites is 3. The van der Waals surface area contributed by atoms with Gasteiger partial charge >= 0.3 is 0 Å². The first-order valence-corrected chi connectivity index (χ1v) is 7.98. The number of imidazole rings is 1. The van der Waals surface area contributed by atoms with E-state index in [1.807, 2.05) is 49.5 Å². The molecule has 0 unspecified atom stereocenters. The maximum absolute atomic E-state index is 12.0. The van der Waals surface area contributed by atoms with Gasteiger partial charge in [0, 0.05) is 26.8 Å². The van der Waals surface area contributed by atoms with E-state index in [9.17, 15) is 4.79 Å². The van der Waals surface area contributed by atoms with Crippen LogP contribution >= 0.6 is 0 Å². The molecule has 0 aliphatic carbocycles. The topological polar surface area (TPSA) is 50.2 Å². The second-order valence-electron chi connectivity index (χ2n) is 6.05. The van der Waals surface area contributed by atoms with Crippen molar-refractivity contribution in [3.63, 3.8) is 0 Å². The molecule has 0 spiro atoms. The molecule has 0 bridgehead atoms. The molecular weight excluding hydrogens is 300 g/mol. The maximum atomic E-state index is 12.0. The van der Waals surface area contributed by atoms with Crippen molar-refractivity contribution in [2.75, 3.05) is 19.4 Å². The summed E-state index contributed by atoms with van der Waals surface area (Å²) in [5.41, 5.74) is 4.08. The summed E-state index contributed by atoms with van der Waals surface area (Å²) in [6, 6.07) is 16.0. The zero-order valence-corrected chi connectivity index (χ0v) is 14.3. The van der Waals surface area contributed by atoms with E-state index in [1.165, 1.54) is 0 Å². The molecule has 0 aliphatic rings. The van der Waals surface area contributed by atoms with Gasteiger partial charge < -0.3 is 14.8 Å². The summed E-state index contributed by atoms with van der Waals surface area (Å²) in [4.78, 5) is 18.3. The van der Waals surface area contributed by atoms with Gasteiger partial charge in [-0.3, -0.25) is 4.79 Å². The summed E-state index contributed by atoms with van der Waals surface area (Å²) >= 11 is 0. The molecule has 2 aromatic carbocycles. The number of anilines is 1. The van der Waals surface area contributed by atoms with Crippen molar-refractivity contribution >= 4 is 22.6 Å². The van der Waals surface area contributed by atoms with Gasteiger partial charge in [-0.05, 0) is 23.8 Å². The van der Waals surface area contributed by atoms with E-state index < -0.39 is 0 Å². The van der Waals surface area contributed by atoms with Crippen molar-refractivity contribution in [3.05, 3.63) is 59.9 Å². The van der Waals surface area contributed by atoms with Gasteiger partial charge in [0.2, 0.25) is 5.91 Å². The van der Waals surface area contributed by atoms with Crippen molar-refractivity contribution in [3.8, 4) is 0 Å². The monoisotopic (exact) mass is 322 g/mol. The molecular formula is C19H22N4O. The van der Waals surface area contributed by atoms with Crippen molar-refractivity contribution in [1.82, 2.24) is 14.5 Å². The number of likely N-dealkylation sites (N-methyl/N-ethyl adjacent to an activating group) is 1. The normalized spacial score (nSPS) is 10.8. The number of carbonyl (C=O) groups is 1. The van der Waals surface area contributed by atoms with Crippen LogP contribution in [0.2, 0.25) is 0 Å². The van der Waals surface area contributed by atoms with Gasteiger partial charge in [-0.15, -0.1) is 0 Å². The maximum Gasteiger partial charge on any atom is 0.226 e. The van der Waals surface area contributed by atoms with Crippen LogP contribution in [0.1, 0.15) is 11.4 Å². The first-order valence-electron chi connectivity index (χ1n) is 7.98. The van der Waals surface area contributed by atoms with Gasteiger partial charge in [-0.25, -0.2) is 4.98 Å². The number of rotatable bonds is 5. The summed E-state index contributed by atoms with van der Waals surface area (Å²) in [6.45, 7) is 0.609. The largest absolute Gasteiger partial charge is 0.378 e. The standard InChI is InChI=1S/C19H22N4O/c1-22(2)19(24)12-14-8-4-5-9-15(14)20-13-18-21-16-10-6-7-11-17(16)23(18)3/h4-11,20H,12-13H2,1-3H3. The number of nitrogens with one attached hydrogen (secondary N) is 1. The van der Waals surface area contributed by atoms with Crippen LogP contribution in [-0.2, 0) is 24.8 Å². The highest BCUT2D eigenvalue weighted by Crippen LogP contribution is 2.19. The molecule has 3 rings (SSSR count). The highest BCUT2D eigenvalue weighted by Gasteiger charge is 2.11. The van der Waals surface area contributed by atoms with E-state index in [1.54, 1.807) is 19.0 Å². The van der Waals surface area contributed by atoms with Gasteiger partial charge in [-0.2, -0.15) is 0 Å². The Balaban J connectivity index is 1.79. The minimum absolute atomic E-state index is 0.0898. The lowest BCUT2D eigenvalue weighted by Crippen LogP contribution is -2.24. The average Bonchev–Trinajstić information content (AvgIpc) is 2.90. The molecule has 1 N–H and O–H groups in total. The third-order valence-corrected chi connectivity index (χ3v) is 4.17. The van der Waals surface area contributed by atoms with E-state index in [0.29, 0.717) is 13.0 Å². The quantitative estimate of drug-likeness (QED) is 0.786. The van der Waals surface area contributed by atoms with Crippen LogP contribution in [0.5, 0.6) is 0 Å². The number of carbonyl (C=O) groups excluding carboxylic acids is 1. The minimum Gasteiger partial charge on any atom is -0.378 e. The zero-order valence-electron chi connectivity index (χ0n) is 14.3. The summed E-state index contributed by atoms with van der Waals surface area (Å²) in [5.74, 6) is 1.05. The van der Waals surface area contributed by atoms with Gasteiger partial charge in [0.05, 0.1) is 24.0 Å². The van der Waals surface area contributed by atoms with Crippen molar-refractivity contribution in [1.29, 1.82) is 0 Å². The molecule has 1 heterocycles. The SMILES string of the molecule is CN(C)C(=O)Cc1ccccc1NCc1nc2ccccc2n1C. The van der Waals surface area contributed by atoms with E-state index in [-0.39, 0.29) is 5.91 Å². The van der Waals surface area contributed by atoms with E-state index >= 15 is 0 Å². The summed E-state index contributed by atoms with van der Waals surface area (Å²) in [5, 5.41) is 3.42. The molecule has 24 heavy (non-hydrogen) atoms. The fourth-order valence-corrected chi connectivity index (χ4v) is 2.70. The number of hydrogen-bond donors (Lipinski definition) is 1. The Morgan fingerprint density at radius 1 is 1.12 bits per heavy atom. The van der Waals surface area contributed by atoms with Crippen molar-refractivity contribution in [2.24, 2.45) is 7.05 Å². The number of aryl methyl sites for hydroxylation is 1. The Morgan fingerprint density at radius 3 is 2.58 bits per heavy atom. The van der Waals surface area contributed by atoms with Crippen LogP contribution in [0, 0.1) is 0 Å². The lowest BCUT2D eigenvalue weighted by Gasteiger charge is -2.14. The number of amides is 1. The Hall–Kier alpha value is -2.82. The predicted octanol–water partition coefficient (Wildman–Crippen LogP) is 2.82. The molecule has 0 saturated heterocycles. The smallest absolute Gasteiger partial charge is 0.226 e. The third kappa shape index (κ3) is 3.25. The zero-order chi connectivity index (χ0) is 17.1. The molecule has 0 saturated carbocycles. The minimum atomic E-state index is 0.0898. The Kier molecular flexibility index (Phi) is 4.51. The summed E-state index contributed by atoms with van der Waals surface area (Å²) < 4.78 is 2.09. The predicted molar refractivity (Wildman–Crippen MR) is 96.9 cm³/mol. The Bertz CT molecular complexity index is 867. The fourth-order valence-electron chi connectivity index (χ4n) is 2.70. The first-order chi connectivity index (χ1) is 11.6. The third-order valence-electron chi connectivity index (χ3n) is 4.17. The molecule has 1 amide bonds. The van der Waals surface area contributed by atoms with Gasteiger partial charge in [0.1, 0.15) is 5.82 Å². The number of hydrogen-bond acceptors (Lipinski definition) is 3. The lowest BCUT2D eigenvalue weighted by atomic mass is 10.1. The first kappa shape index (κ1) is 16.1. The second-order valence-corrected chi connectivity index (χ2v) is 6.05. The molecule has 0 atom stereocenters. The van der Waals surface area contributed by atoms with E-state index in [2.05, 4.69) is 20.9 Å². The Labute approximate surface area is 141 Å². The molecule has 0 fully saturated rings. The van der Waals surface area contributed by atoms with Gasteiger partial charge in [0.25, 0.3) is 0 Å². The lowest BCUT2D eigenvalue weighted by molar-refractivity contribution is -0.127. The second kappa shape index (κ2) is 6.74. The van der Waals surface area contributed by atoms with Crippen molar-refractivity contribution < 1.29 is 4.79 Å². The van der Waals surface area contributed by atoms with Crippen LogP contribution < -0.4 is 5.32 Å². The van der Waals surface area contributed by atoms with Crippen LogP contribution in [0.15, 0.2) is 48.5 Å². The number of aromatic nitrogens is 2. The molecule has 5 heteroatoms. The molecule has 0 aliphatic heterocycles. The number of benzene rings is 2. The van der Waals surface area contributed by atoms with Gasteiger partial charge in [-0.1, -0.05) is 30.3 Å². The molecule has 0 radical (unpaired) electrons. The highest BCUT2D eigenvalue weighted by molar-refractivity contribution is 5.80. The van der Waals surface area contributed by atoms with Gasteiger partial charge in [0.15, 0.2) is 0 Å². The average molecular weight is 322 g/mol. The van der Waals surface area contributed by atoms with E-state index in [0.717, 1.165) is 28.1 Å². The van der Waals surface area contributed by atoms with Crippen LogP contribution in [0.3, 0.4) is 0 Å². The molecule has 124 valence electrons. The van der Waals surface area contributed by atoms with Crippen LogP contribution in [-0.4, -0.2) is 34.5 Å². The number of fused-ring (bicyclic) bond motifs is 1. The number of nitrogens with zero attached hydrogens (tertiary/aromatic N) is 3. The summed E-state index contributed by atoms with van der Waals surface area (Å²) in [6.07, 6.45) is 0.388. The molecule has 1 aromatic heterocycles. The van der Waals surface area contributed by atoms with Crippen molar-refractivity contribution in [2.45, 2.75) is 13.0 Å². The van der Waals surface area contributed by atoms with Crippen LogP contribution in [0.4, 0.5) is 5.69 Å². The summed E-state index contributed by atoms with van der Waals surface area (Å²) in [7, 11) is 5.57. The van der Waals surface area contributed by atoms with Crippen LogP contribution in [0.25, 0.3) is 11.0 Å². The molecule has 5 nitrogen and oxygen atoms in total. The highest BCUT2D eigenvalue weighted by atomic mass is 16.2.